The van der Waals surface area contributed by atoms with E-state index in [4.69, 9.17) is 9.47 Å². The number of ether oxygens (including phenoxy) is 2. The van der Waals surface area contributed by atoms with Gasteiger partial charge in [0.05, 0.1) is 24.1 Å². The molecule has 2 unspecified atom stereocenters. The maximum absolute atomic E-state index is 10.6. The number of rotatable bonds is 5. The largest absolute Gasteiger partial charge is 0.386 e. The van der Waals surface area contributed by atoms with Crippen molar-refractivity contribution in [1.82, 2.24) is 19.5 Å². The minimum absolute atomic E-state index is 0.146. The first-order valence-electron chi connectivity index (χ1n) is 7.25. The van der Waals surface area contributed by atoms with Crippen LogP contribution in [0.2, 0.25) is 0 Å². The molecule has 0 radical (unpaired) electrons. The molecule has 1 N–H and O–H groups in total. The predicted molar refractivity (Wildman–Crippen MR) is 83.5 cm³/mol. The molecule has 3 heterocycles. The molecule has 22 heavy (non-hydrogen) atoms. The average Bonchev–Trinajstić information content (AvgIpc) is 3.07. The van der Waals surface area contributed by atoms with E-state index in [1.807, 2.05) is 20.1 Å². The maximum atomic E-state index is 10.6. The van der Waals surface area contributed by atoms with Crippen molar-refractivity contribution in [3.63, 3.8) is 0 Å². The summed E-state index contributed by atoms with van der Waals surface area (Å²) in [6.45, 7) is 3.90. The van der Waals surface area contributed by atoms with Crippen molar-refractivity contribution in [3.8, 4) is 0 Å². The highest BCUT2D eigenvalue weighted by Crippen LogP contribution is 2.34. The van der Waals surface area contributed by atoms with Gasteiger partial charge in [-0.3, -0.25) is 4.57 Å². The molecule has 8 heteroatoms. The average molecular weight is 324 g/mol. The first-order chi connectivity index (χ1) is 10.7. The smallest absolute Gasteiger partial charge is 0.165 e. The maximum Gasteiger partial charge on any atom is 0.165 e. The van der Waals surface area contributed by atoms with E-state index >= 15 is 0 Å². The number of nitrogens with zero attached hydrogens (tertiary/aromatic N) is 4. The zero-order chi connectivity index (χ0) is 15.7. The number of thioether (sulfide) groups is 1. The molecule has 1 saturated heterocycles. The summed E-state index contributed by atoms with van der Waals surface area (Å²) in [7, 11) is 0. The van der Waals surface area contributed by atoms with Crippen molar-refractivity contribution in [3.05, 3.63) is 18.3 Å². The molecule has 1 aliphatic rings. The van der Waals surface area contributed by atoms with Gasteiger partial charge in [0.1, 0.15) is 24.1 Å². The quantitative estimate of drug-likeness (QED) is 0.835. The van der Waals surface area contributed by atoms with Crippen LogP contribution in [-0.2, 0) is 9.47 Å². The summed E-state index contributed by atoms with van der Waals surface area (Å²) in [6, 6.07) is 0. The number of aryl methyl sites for hydroxylation is 1. The summed E-state index contributed by atoms with van der Waals surface area (Å²) < 4.78 is 13.5. The molecule has 0 aliphatic carbocycles. The minimum Gasteiger partial charge on any atom is -0.386 e. The summed E-state index contributed by atoms with van der Waals surface area (Å²) in [5, 5.41) is 10.6. The van der Waals surface area contributed by atoms with Gasteiger partial charge in [-0.25, -0.2) is 15.0 Å². The molecule has 120 valence electrons. The second kappa shape index (κ2) is 6.49. The first-order valence-corrected chi connectivity index (χ1v) is 8.65. The van der Waals surface area contributed by atoms with E-state index in [-0.39, 0.29) is 12.2 Å². The predicted octanol–water partition coefficient (Wildman–Crippen LogP) is 1.51. The number of aromatic nitrogens is 4. The second-order valence-corrected chi connectivity index (χ2v) is 6.10. The molecule has 0 saturated carbocycles. The number of aliphatic hydroxyl groups excluding tert-OH is 1. The Morgan fingerprint density at radius 2 is 2.23 bits per heavy atom. The van der Waals surface area contributed by atoms with E-state index in [2.05, 4.69) is 15.0 Å². The van der Waals surface area contributed by atoms with Crippen LogP contribution < -0.4 is 0 Å². The van der Waals surface area contributed by atoms with Crippen molar-refractivity contribution in [2.45, 2.75) is 44.8 Å². The zero-order valence-electron chi connectivity index (χ0n) is 12.8. The van der Waals surface area contributed by atoms with Crippen LogP contribution in [0.3, 0.4) is 0 Å². The van der Waals surface area contributed by atoms with Gasteiger partial charge in [-0.1, -0.05) is 6.92 Å². The van der Waals surface area contributed by atoms with Gasteiger partial charge in [-0.2, -0.15) is 0 Å². The first kappa shape index (κ1) is 15.7. The molecular weight excluding hydrogens is 304 g/mol. The Balaban J connectivity index is 1.92. The monoisotopic (exact) mass is 324 g/mol. The van der Waals surface area contributed by atoms with Crippen LogP contribution in [-0.4, -0.2) is 55.1 Å². The van der Waals surface area contributed by atoms with Crippen molar-refractivity contribution in [1.29, 1.82) is 0 Å². The van der Waals surface area contributed by atoms with Gasteiger partial charge in [-0.05, 0) is 19.6 Å². The van der Waals surface area contributed by atoms with E-state index in [9.17, 15) is 5.11 Å². The minimum atomic E-state index is -0.759. The molecule has 2 aromatic heterocycles. The molecule has 0 bridgehead atoms. The van der Waals surface area contributed by atoms with E-state index in [1.165, 1.54) is 6.33 Å². The molecule has 7 nitrogen and oxygen atoms in total. The van der Waals surface area contributed by atoms with E-state index < -0.39 is 12.3 Å². The Bertz CT molecular complexity index is 650. The zero-order valence-corrected chi connectivity index (χ0v) is 13.7. The molecule has 1 aliphatic heterocycles. The van der Waals surface area contributed by atoms with Crippen LogP contribution in [0.15, 0.2) is 12.7 Å². The van der Waals surface area contributed by atoms with Crippen LogP contribution in [0.1, 0.15) is 25.3 Å². The molecule has 0 aromatic carbocycles. The van der Waals surface area contributed by atoms with Gasteiger partial charge in [0.15, 0.2) is 11.9 Å². The SMILES string of the molecule is CC[C@H]1O[C@@H](n2cnc3c(C)ncnc32)C(O)C1OCSC. The van der Waals surface area contributed by atoms with E-state index in [0.717, 1.165) is 17.6 Å². The van der Waals surface area contributed by atoms with Gasteiger partial charge >= 0.3 is 0 Å². The third kappa shape index (κ3) is 2.60. The molecule has 3 rings (SSSR count). The van der Waals surface area contributed by atoms with E-state index in [0.29, 0.717) is 11.6 Å². The van der Waals surface area contributed by atoms with Crippen molar-refractivity contribution in [2.24, 2.45) is 0 Å². The molecule has 4 atom stereocenters. The van der Waals surface area contributed by atoms with Gasteiger partial charge in [0.2, 0.25) is 0 Å². The van der Waals surface area contributed by atoms with Gasteiger partial charge in [0, 0.05) is 0 Å². The summed E-state index contributed by atoms with van der Waals surface area (Å²) in [4.78, 5) is 12.7. The van der Waals surface area contributed by atoms with Crippen LogP contribution in [0.5, 0.6) is 0 Å². The number of aliphatic hydroxyl groups is 1. The third-order valence-electron chi connectivity index (χ3n) is 3.91. The summed E-state index contributed by atoms with van der Waals surface area (Å²) in [6.07, 6.45) is 4.08. The summed E-state index contributed by atoms with van der Waals surface area (Å²) in [5.74, 6) is 0.528. The fourth-order valence-electron chi connectivity index (χ4n) is 2.79. The number of hydrogen-bond acceptors (Lipinski definition) is 7. The van der Waals surface area contributed by atoms with E-state index in [1.54, 1.807) is 22.7 Å². The molecule has 0 spiro atoms. The fraction of sp³-hybridized carbons (Fsp3) is 0.643. The Hall–Kier alpha value is -1.22. The van der Waals surface area contributed by atoms with Crippen molar-refractivity contribution in [2.75, 3.05) is 12.2 Å². The normalized spacial score (nSPS) is 28.5. The molecule has 1 fully saturated rings. The fourth-order valence-corrected chi connectivity index (χ4v) is 3.08. The van der Waals surface area contributed by atoms with Gasteiger partial charge < -0.3 is 14.6 Å². The summed E-state index contributed by atoms with van der Waals surface area (Å²) in [5.41, 5.74) is 2.19. The highest BCUT2D eigenvalue weighted by Gasteiger charge is 2.45. The van der Waals surface area contributed by atoms with Gasteiger partial charge in [-0.15, -0.1) is 11.8 Å². The lowest BCUT2D eigenvalue weighted by atomic mass is 10.1. The topological polar surface area (TPSA) is 82.3 Å². The second-order valence-electron chi connectivity index (χ2n) is 5.28. The van der Waals surface area contributed by atoms with Crippen LogP contribution in [0.4, 0.5) is 0 Å². The van der Waals surface area contributed by atoms with Crippen LogP contribution in [0.25, 0.3) is 11.2 Å². The Labute approximate surface area is 133 Å². The highest BCUT2D eigenvalue weighted by atomic mass is 32.2. The third-order valence-corrected chi connectivity index (χ3v) is 4.28. The van der Waals surface area contributed by atoms with Crippen molar-refractivity contribution >= 4 is 22.9 Å². The Kier molecular flexibility index (Phi) is 4.62. The number of fused-ring (bicyclic) bond motifs is 1. The molecular formula is C14H20N4O3S. The standard InChI is InChI=1S/C14H20N4O3S/c1-4-9-12(20-7-22-3)11(19)14(21-9)18-6-17-10-8(2)15-5-16-13(10)18/h5-6,9,11-12,14,19H,4,7H2,1-3H3/t9-,11?,12?,14-/m1/s1. The summed E-state index contributed by atoms with van der Waals surface area (Å²) >= 11 is 1.58. The Morgan fingerprint density at radius 3 is 2.95 bits per heavy atom. The number of imidazole rings is 1. The Morgan fingerprint density at radius 1 is 1.41 bits per heavy atom. The number of hydrogen-bond donors (Lipinski definition) is 1. The lowest BCUT2D eigenvalue weighted by Crippen LogP contribution is -2.34. The lowest BCUT2D eigenvalue weighted by Gasteiger charge is -2.19. The van der Waals surface area contributed by atoms with Crippen LogP contribution >= 0.6 is 11.8 Å². The van der Waals surface area contributed by atoms with Crippen LogP contribution in [0, 0.1) is 6.92 Å². The van der Waals surface area contributed by atoms with Crippen molar-refractivity contribution < 1.29 is 14.6 Å². The lowest BCUT2D eigenvalue weighted by molar-refractivity contribution is -0.0357. The molecule has 0 amide bonds. The van der Waals surface area contributed by atoms with Gasteiger partial charge in [0.25, 0.3) is 0 Å². The molecule has 2 aromatic rings. The highest BCUT2D eigenvalue weighted by molar-refractivity contribution is 7.98.